The number of piperazine rings is 1. The van der Waals surface area contributed by atoms with E-state index in [1.54, 1.807) is 4.90 Å². The quantitative estimate of drug-likeness (QED) is 0.591. The Morgan fingerprint density at radius 3 is 2.05 bits per heavy atom. The summed E-state index contributed by atoms with van der Waals surface area (Å²) in [4.78, 5) is 36.7. The molecule has 8 nitrogen and oxygen atoms in total. The Morgan fingerprint density at radius 2 is 1.63 bits per heavy atom. The number of hydrogen-bond donors (Lipinski definition) is 3. The molecule has 3 amide bonds. The molecule has 1 aliphatic heterocycles. The van der Waals surface area contributed by atoms with Gasteiger partial charge in [-0.25, -0.2) is 9.59 Å². The van der Waals surface area contributed by atoms with E-state index in [1.165, 1.54) is 11.8 Å². The average molecular weight is 273 g/mol. The lowest BCUT2D eigenvalue weighted by molar-refractivity contribution is -0.155. The molecule has 3 N–H and O–H groups in total. The predicted molar refractivity (Wildman–Crippen MR) is 65.5 cm³/mol. The lowest BCUT2D eigenvalue weighted by atomic mass is 10.1. The molecule has 1 aliphatic rings. The van der Waals surface area contributed by atoms with Crippen molar-refractivity contribution in [3.63, 3.8) is 0 Å². The molecular weight excluding hydrogens is 254 g/mol. The van der Waals surface area contributed by atoms with E-state index in [1.807, 2.05) is 0 Å². The largest absolute Gasteiger partial charge is 0.479 e. The minimum Gasteiger partial charge on any atom is -0.479 e. The van der Waals surface area contributed by atoms with E-state index < -0.39 is 17.6 Å². The minimum absolute atomic E-state index is 0.0335. The summed E-state index contributed by atoms with van der Waals surface area (Å²) in [5.74, 6) is -1.43. The summed E-state index contributed by atoms with van der Waals surface area (Å²) >= 11 is 0. The maximum atomic E-state index is 11.8. The number of rotatable bonds is 3. The number of amides is 3. The van der Waals surface area contributed by atoms with Crippen LogP contribution < -0.4 is 5.32 Å². The van der Waals surface area contributed by atoms with Gasteiger partial charge in [0, 0.05) is 33.1 Å². The fraction of sp³-hybridized carbons (Fsp3) is 0.727. The molecule has 0 aromatic carbocycles. The highest BCUT2D eigenvalue weighted by Gasteiger charge is 2.31. The van der Waals surface area contributed by atoms with Crippen LogP contribution in [0.5, 0.6) is 0 Å². The first-order valence-corrected chi connectivity index (χ1v) is 5.98. The molecule has 0 saturated carbocycles. The summed E-state index contributed by atoms with van der Waals surface area (Å²) < 4.78 is 0. The zero-order valence-corrected chi connectivity index (χ0v) is 11.0. The highest BCUT2D eigenvalue weighted by atomic mass is 16.4. The smallest absolute Gasteiger partial charge is 0.337 e. The first kappa shape index (κ1) is 15.2. The molecular formula is C11H19N3O5. The first-order valence-electron chi connectivity index (χ1n) is 5.98. The van der Waals surface area contributed by atoms with Crippen LogP contribution in [0.3, 0.4) is 0 Å². The van der Waals surface area contributed by atoms with Gasteiger partial charge in [-0.15, -0.1) is 0 Å². The number of nitrogens with one attached hydrogen (secondary N) is 1. The zero-order valence-electron chi connectivity index (χ0n) is 11.0. The molecule has 1 atom stereocenters. The number of carboxylic acid groups (broad SMARTS) is 1. The molecule has 0 spiro atoms. The number of urea groups is 1. The number of carbonyl (C=O) groups excluding carboxylic acids is 2. The van der Waals surface area contributed by atoms with Gasteiger partial charge in [0.1, 0.15) is 0 Å². The van der Waals surface area contributed by atoms with Gasteiger partial charge < -0.3 is 25.3 Å². The second kappa shape index (κ2) is 5.87. The fourth-order valence-electron chi connectivity index (χ4n) is 1.66. The van der Waals surface area contributed by atoms with Crippen LogP contribution in [0.25, 0.3) is 0 Å². The third kappa shape index (κ3) is 4.09. The molecule has 1 saturated heterocycles. The van der Waals surface area contributed by atoms with Crippen molar-refractivity contribution in [2.75, 3.05) is 32.7 Å². The van der Waals surface area contributed by atoms with Crippen LogP contribution in [0.2, 0.25) is 0 Å². The number of carboxylic acids is 1. The van der Waals surface area contributed by atoms with Crippen LogP contribution in [-0.2, 0) is 9.59 Å². The summed E-state index contributed by atoms with van der Waals surface area (Å²) in [6.07, 6.45) is 0. The molecule has 1 rings (SSSR count). The van der Waals surface area contributed by atoms with Crippen molar-refractivity contribution in [3.8, 4) is 0 Å². The fourth-order valence-corrected chi connectivity index (χ4v) is 1.66. The van der Waals surface area contributed by atoms with Gasteiger partial charge in [0.25, 0.3) is 0 Å². The molecule has 1 unspecified atom stereocenters. The van der Waals surface area contributed by atoms with Gasteiger partial charge in [0.15, 0.2) is 5.60 Å². The number of aliphatic hydroxyl groups is 1. The molecule has 0 bridgehead atoms. The van der Waals surface area contributed by atoms with Crippen LogP contribution in [0, 0.1) is 0 Å². The Labute approximate surface area is 111 Å². The molecule has 8 heteroatoms. The second-order valence-corrected chi connectivity index (χ2v) is 4.73. The van der Waals surface area contributed by atoms with E-state index in [9.17, 15) is 19.5 Å². The standard InChI is InChI=1S/C11H19N3O5/c1-8(15)13-3-5-14(6-4-13)10(18)12-7-11(2,19)9(16)17/h19H,3-7H2,1-2H3,(H,12,18)(H,16,17). The molecule has 1 heterocycles. The van der Waals surface area contributed by atoms with Crippen LogP contribution in [0.4, 0.5) is 4.79 Å². The summed E-state index contributed by atoms with van der Waals surface area (Å²) in [7, 11) is 0. The highest BCUT2D eigenvalue weighted by Crippen LogP contribution is 2.04. The Balaban J connectivity index is 2.40. The summed E-state index contributed by atoms with van der Waals surface area (Å²) in [5, 5.41) is 20.5. The van der Waals surface area contributed by atoms with Gasteiger partial charge in [-0.1, -0.05) is 0 Å². The Bertz CT molecular complexity index is 375. The topological polar surface area (TPSA) is 110 Å². The number of nitrogens with zero attached hydrogens (tertiary/aromatic N) is 2. The minimum atomic E-state index is -1.99. The first-order chi connectivity index (χ1) is 8.74. The molecule has 108 valence electrons. The van der Waals surface area contributed by atoms with E-state index in [-0.39, 0.29) is 12.5 Å². The van der Waals surface area contributed by atoms with Crippen molar-refractivity contribution < 1.29 is 24.6 Å². The Morgan fingerprint density at radius 1 is 1.16 bits per heavy atom. The van der Waals surface area contributed by atoms with Crippen molar-refractivity contribution in [2.45, 2.75) is 19.4 Å². The molecule has 19 heavy (non-hydrogen) atoms. The van der Waals surface area contributed by atoms with E-state index in [4.69, 9.17) is 5.11 Å². The lowest BCUT2D eigenvalue weighted by Crippen LogP contribution is -2.55. The van der Waals surface area contributed by atoms with Gasteiger partial charge in [-0.05, 0) is 6.92 Å². The van der Waals surface area contributed by atoms with E-state index in [0.29, 0.717) is 26.2 Å². The lowest BCUT2D eigenvalue weighted by Gasteiger charge is -2.34. The third-order valence-electron chi connectivity index (χ3n) is 3.06. The molecule has 0 radical (unpaired) electrons. The average Bonchev–Trinajstić information content (AvgIpc) is 2.36. The molecule has 1 fully saturated rings. The van der Waals surface area contributed by atoms with Crippen LogP contribution in [-0.4, -0.2) is 76.2 Å². The van der Waals surface area contributed by atoms with Gasteiger partial charge in [0.2, 0.25) is 5.91 Å². The maximum Gasteiger partial charge on any atom is 0.337 e. The van der Waals surface area contributed by atoms with Gasteiger partial charge in [-0.2, -0.15) is 0 Å². The molecule has 0 aromatic rings. The van der Waals surface area contributed by atoms with Gasteiger partial charge in [0.05, 0.1) is 6.54 Å². The Kier molecular flexibility index (Phi) is 4.71. The summed E-state index contributed by atoms with van der Waals surface area (Å²) in [5.41, 5.74) is -1.99. The third-order valence-corrected chi connectivity index (χ3v) is 3.06. The van der Waals surface area contributed by atoms with Crippen molar-refractivity contribution in [3.05, 3.63) is 0 Å². The van der Waals surface area contributed by atoms with E-state index in [2.05, 4.69) is 5.32 Å². The van der Waals surface area contributed by atoms with Crippen LogP contribution in [0.15, 0.2) is 0 Å². The van der Waals surface area contributed by atoms with Crippen molar-refractivity contribution >= 4 is 17.9 Å². The van der Waals surface area contributed by atoms with Crippen molar-refractivity contribution in [1.29, 1.82) is 0 Å². The normalized spacial score (nSPS) is 18.7. The number of carbonyl (C=O) groups is 3. The van der Waals surface area contributed by atoms with E-state index >= 15 is 0 Å². The summed E-state index contributed by atoms with van der Waals surface area (Å²) in [6.45, 7) is 3.91. The number of aliphatic carboxylic acids is 1. The van der Waals surface area contributed by atoms with Crippen LogP contribution in [0.1, 0.15) is 13.8 Å². The maximum absolute atomic E-state index is 11.8. The second-order valence-electron chi connectivity index (χ2n) is 4.73. The molecule has 0 aromatic heterocycles. The SMILES string of the molecule is CC(=O)N1CCN(C(=O)NCC(C)(O)C(=O)O)CC1. The predicted octanol–water partition coefficient (Wildman–Crippen LogP) is -1.30. The highest BCUT2D eigenvalue weighted by molar-refractivity contribution is 5.79. The summed E-state index contributed by atoms with van der Waals surface area (Å²) in [6, 6.07) is -0.440. The zero-order chi connectivity index (χ0) is 14.6. The molecule has 0 aliphatic carbocycles. The van der Waals surface area contributed by atoms with Crippen molar-refractivity contribution in [2.24, 2.45) is 0 Å². The van der Waals surface area contributed by atoms with Crippen molar-refractivity contribution in [1.82, 2.24) is 15.1 Å². The number of hydrogen-bond acceptors (Lipinski definition) is 4. The van der Waals surface area contributed by atoms with Gasteiger partial charge >= 0.3 is 12.0 Å². The van der Waals surface area contributed by atoms with E-state index in [0.717, 1.165) is 6.92 Å². The Hall–Kier alpha value is -1.83. The monoisotopic (exact) mass is 273 g/mol. The van der Waals surface area contributed by atoms with Crippen LogP contribution >= 0.6 is 0 Å². The van der Waals surface area contributed by atoms with Gasteiger partial charge in [-0.3, -0.25) is 4.79 Å².